The minimum atomic E-state index is -0.551. The molecule has 0 aliphatic heterocycles. The molecule has 2 N–H and O–H groups in total. The molecule has 0 heterocycles. The first-order valence-corrected chi connectivity index (χ1v) is 6.47. The van der Waals surface area contributed by atoms with Crippen LogP contribution in [0.4, 0.5) is 15.8 Å². The van der Waals surface area contributed by atoms with Crippen LogP contribution in [0, 0.1) is 5.82 Å². The standard InChI is InChI=1S/C14H21FN2O2/c1-4-6-7-17(5-2)13-8-10(14(18)19-3)12(16)9-11(13)15/h8-9H,4-7,16H2,1-3H3. The number of nitrogens with zero attached hydrogens (tertiary/aromatic N) is 1. The quantitative estimate of drug-likeness (QED) is 0.636. The van der Waals surface area contributed by atoms with Crippen molar-refractivity contribution in [2.75, 3.05) is 30.8 Å². The zero-order valence-electron chi connectivity index (χ0n) is 11.7. The largest absolute Gasteiger partial charge is 0.465 e. The van der Waals surface area contributed by atoms with E-state index in [0.717, 1.165) is 19.4 Å². The number of anilines is 2. The van der Waals surface area contributed by atoms with E-state index in [4.69, 9.17) is 5.73 Å². The first kappa shape index (κ1) is 15.3. The first-order chi connectivity index (χ1) is 9.04. The third-order valence-electron chi connectivity index (χ3n) is 3.03. The number of carbonyl (C=O) groups is 1. The van der Waals surface area contributed by atoms with Gasteiger partial charge in [0.05, 0.1) is 18.4 Å². The third kappa shape index (κ3) is 3.59. The number of esters is 1. The number of benzene rings is 1. The normalized spacial score (nSPS) is 10.3. The van der Waals surface area contributed by atoms with E-state index in [-0.39, 0.29) is 11.3 Å². The highest BCUT2D eigenvalue weighted by Crippen LogP contribution is 2.26. The van der Waals surface area contributed by atoms with Crippen LogP contribution in [-0.2, 0) is 4.74 Å². The molecule has 0 unspecified atom stereocenters. The number of nitrogens with two attached hydrogens (primary N) is 1. The lowest BCUT2D eigenvalue weighted by molar-refractivity contribution is 0.0602. The average Bonchev–Trinajstić information content (AvgIpc) is 2.40. The summed E-state index contributed by atoms with van der Waals surface area (Å²) < 4.78 is 18.6. The molecule has 1 aromatic rings. The number of carbonyl (C=O) groups excluding carboxylic acids is 1. The summed E-state index contributed by atoms with van der Waals surface area (Å²) in [7, 11) is 1.28. The van der Waals surface area contributed by atoms with Crippen molar-refractivity contribution >= 4 is 17.3 Å². The lowest BCUT2D eigenvalue weighted by Crippen LogP contribution is -2.25. The minimum Gasteiger partial charge on any atom is -0.465 e. The monoisotopic (exact) mass is 268 g/mol. The molecular formula is C14H21FN2O2. The second-order valence-corrected chi connectivity index (χ2v) is 4.32. The lowest BCUT2D eigenvalue weighted by Gasteiger charge is -2.24. The van der Waals surface area contributed by atoms with E-state index in [2.05, 4.69) is 11.7 Å². The molecule has 106 valence electrons. The van der Waals surface area contributed by atoms with Crippen molar-refractivity contribution in [3.8, 4) is 0 Å². The molecule has 0 aliphatic rings. The fourth-order valence-electron chi connectivity index (χ4n) is 1.90. The second-order valence-electron chi connectivity index (χ2n) is 4.32. The van der Waals surface area contributed by atoms with E-state index in [0.29, 0.717) is 12.2 Å². The summed E-state index contributed by atoms with van der Waals surface area (Å²) in [6.45, 7) is 5.44. The Balaban J connectivity index is 3.14. The number of rotatable bonds is 6. The summed E-state index contributed by atoms with van der Waals surface area (Å²) in [6.07, 6.45) is 1.99. The van der Waals surface area contributed by atoms with Gasteiger partial charge in [0.2, 0.25) is 0 Å². The van der Waals surface area contributed by atoms with Gasteiger partial charge in [0.1, 0.15) is 5.82 Å². The van der Waals surface area contributed by atoms with Gasteiger partial charge in [-0.1, -0.05) is 13.3 Å². The van der Waals surface area contributed by atoms with Crippen LogP contribution in [0.1, 0.15) is 37.0 Å². The summed E-state index contributed by atoms with van der Waals surface area (Å²) >= 11 is 0. The van der Waals surface area contributed by atoms with Gasteiger partial charge in [-0.15, -0.1) is 0 Å². The number of unbranched alkanes of at least 4 members (excludes halogenated alkanes) is 1. The number of halogens is 1. The maximum Gasteiger partial charge on any atom is 0.340 e. The predicted molar refractivity (Wildman–Crippen MR) is 74.9 cm³/mol. The Morgan fingerprint density at radius 3 is 2.63 bits per heavy atom. The van der Waals surface area contributed by atoms with E-state index in [1.165, 1.54) is 19.2 Å². The summed E-state index contributed by atoms with van der Waals surface area (Å²) in [4.78, 5) is 13.5. The molecule has 0 fully saturated rings. The van der Waals surface area contributed by atoms with Gasteiger partial charge in [-0.05, 0) is 25.5 Å². The van der Waals surface area contributed by atoms with Crippen molar-refractivity contribution in [2.45, 2.75) is 26.7 Å². The SMILES string of the molecule is CCCCN(CC)c1cc(C(=O)OC)c(N)cc1F. The molecule has 0 bridgehead atoms. The molecule has 0 aliphatic carbocycles. The van der Waals surface area contributed by atoms with Gasteiger partial charge in [-0.3, -0.25) is 0 Å². The van der Waals surface area contributed by atoms with E-state index in [1.54, 1.807) is 0 Å². The molecule has 0 atom stereocenters. The highest BCUT2D eigenvalue weighted by Gasteiger charge is 2.17. The van der Waals surface area contributed by atoms with Gasteiger partial charge < -0.3 is 15.4 Å². The van der Waals surface area contributed by atoms with Crippen molar-refractivity contribution in [2.24, 2.45) is 0 Å². The van der Waals surface area contributed by atoms with Crippen LogP contribution in [0.3, 0.4) is 0 Å². The third-order valence-corrected chi connectivity index (χ3v) is 3.03. The highest BCUT2D eigenvalue weighted by molar-refractivity contribution is 5.96. The van der Waals surface area contributed by atoms with E-state index in [9.17, 15) is 9.18 Å². The van der Waals surface area contributed by atoms with Gasteiger partial charge >= 0.3 is 5.97 Å². The van der Waals surface area contributed by atoms with Crippen molar-refractivity contribution in [1.29, 1.82) is 0 Å². The summed E-state index contributed by atoms with van der Waals surface area (Å²) in [6, 6.07) is 2.64. The van der Waals surface area contributed by atoms with Gasteiger partial charge in [-0.2, -0.15) is 0 Å². The number of methoxy groups -OCH3 is 1. The molecule has 1 aromatic carbocycles. The second kappa shape index (κ2) is 6.97. The first-order valence-electron chi connectivity index (χ1n) is 6.47. The number of nitrogen functional groups attached to an aromatic ring is 1. The van der Waals surface area contributed by atoms with Crippen LogP contribution < -0.4 is 10.6 Å². The molecule has 0 aromatic heterocycles. The van der Waals surface area contributed by atoms with E-state index >= 15 is 0 Å². The number of hydrogen-bond donors (Lipinski definition) is 1. The maximum absolute atomic E-state index is 14.0. The van der Waals surface area contributed by atoms with Crippen molar-refractivity contribution in [1.82, 2.24) is 0 Å². The fourth-order valence-corrected chi connectivity index (χ4v) is 1.90. The van der Waals surface area contributed by atoms with Crippen LogP contribution in [0.2, 0.25) is 0 Å². The Hall–Kier alpha value is -1.78. The van der Waals surface area contributed by atoms with Gasteiger partial charge in [0.15, 0.2) is 0 Å². The van der Waals surface area contributed by atoms with Gasteiger partial charge in [0.25, 0.3) is 0 Å². The van der Waals surface area contributed by atoms with E-state index < -0.39 is 11.8 Å². The Bertz CT molecular complexity index is 449. The Kier molecular flexibility index (Phi) is 5.60. The number of ether oxygens (including phenoxy) is 1. The van der Waals surface area contributed by atoms with Crippen LogP contribution in [0.15, 0.2) is 12.1 Å². The summed E-state index contributed by atoms with van der Waals surface area (Å²) in [5.74, 6) is -0.964. The molecule has 0 amide bonds. The Morgan fingerprint density at radius 1 is 1.42 bits per heavy atom. The predicted octanol–water partition coefficient (Wildman–Crippen LogP) is 2.82. The van der Waals surface area contributed by atoms with Crippen LogP contribution in [0.25, 0.3) is 0 Å². The molecule has 0 radical (unpaired) electrons. The molecule has 19 heavy (non-hydrogen) atoms. The number of hydrogen-bond acceptors (Lipinski definition) is 4. The molecular weight excluding hydrogens is 247 g/mol. The van der Waals surface area contributed by atoms with Crippen molar-refractivity contribution in [3.63, 3.8) is 0 Å². The maximum atomic E-state index is 14.0. The lowest BCUT2D eigenvalue weighted by atomic mass is 10.1. The van der Waals surface area contributed by atoms with Crippen molar-refractivity contribution < 1.29 is 13.9 Å². The van der Waals surface area contributed by atoms with Gasteiger partial charge in [-0.25, -0.2) is 9.18 Å². The molecule has 0 saturated heterocycles. The zero-order valence-corrected chi connectivity index (χ0v) is 11.7. The Morgan fingerprint density at radius 2 is 2.11 bits per heavy atom. The fraction of sp³-hybridized carbons (Fsp3) is 0.500. The molecule has 1 rings (SSSR count). The molecule has 0 spiro atoms. The zero-order chi connectivity index (χ0) is 14.4. The molecule has 5 heteroatoms. The van der Waals surface area contributed by atoms with Crippen LogP contribution >= 0.6 is 0 Å². The van der Waals surface area contributed by atoms with Gasteiger partial charge in [0, 0.05) is 18.8 Å². The van der Waals surface area contributed by atoms with E-state index in [1.807, 2.05) is 11.8 Å². The minimum absolute atomic E-state index is 0.0969. The summed E-state index contributed by atoms with van der Waals surface area (Å²) in [5.41, 5.74) is 6.34. The smallest absolute Gasteiger partial charge is 0.340 e. The molecule has 0 saturated carbocycles. The highest BCUT2D eigenvalue weighted by atomic mass is 19.1. The van der Waals surface area contributed by atoms with Crippen LogP contribution in [-0.4, -0.2) is 26.2 Å². The average molecular weight is 268 g/mol. The van der Waals surface area contributed by atoms with Crippen molar-refractivity contribution in [3.05, 3.63) is 23.5 Å². The Labute approximate surface area is 113 Å². The summed E-state index contributed by atoms with van der Waals surface area (Å²) in [5, 5.41) is 0. The molecule has 4 nitrogen and oxygen atoms in total. The topological polar surface area (TPSA) is 55.6 Å². The van der Waals surface area contributed by atoms with Crippen LogP contribution in [0.5, 0.6) is 0 Å².